The van der Waals surface area contributed by atoms with Gasteiger partial charge in [-0.3, -0.25) is 4.68 Å². The normalized spacial score (nSPS) is 25.4. The van der Waals surface area contributed by atoms with E-state index in [-0.39, 0.29) is 0 Å². The quantitative estimate of drug-likeness (QED) is 0.849. The van der Waals surface area contributed by atoms with E-state index in [9.17, 15) is 0 Å². The summed E-state index contributed by atoms with van der Waals surface area (Å²) in [6.45, 7) is 9.52. The minimum atomic E-state index is 0.578. The predicted molar refractivity (Wildman–Crippen MR) is 71.0 cm³/mol. The van der Waals surface area contributed by atoms with Crippen LogP contribution in [0.4, 0.5) is 5.82 Å². The van der Waals surface area contributed by atoms with Crippen LogP contribution in [0.2, 0.25) is 0 Å². The molecule has 17 heavy (non-hydrogen) atoms. The molecular formula is C13H24N4. The maximum atomic E-state index is 5.86. The molecule has 2 unspecified atom stereocenters. The number of piperidine rings is 1. The molecule has 0 aliphatic carbocycles. The Morgan fingerprint density at radius 3 is 2.41 bits per heavy atom. The van der Waals surface area contributed by atoms with Crippen molar-refractivity contribution >= 4 is 5.82 Å². The predicted octanol–water partition coefficient (Wildman–Crippen LogP) is 1.67. The van der Waals surface area contributed by atoms with Gasteiger partial charge in [-0.15, -0.1) is 0 Å². The molecule has 0 bridgehead atoms. The number of anilines is 1. The number of hydrogen-bond donors (Lipinski definition) is 1. The SMILES string of the molecule is Cc1nn(C)c(N2CC(C)CC(C)C2)c1CN. The summed E-state index contributed by atoms with van der Waals surface area (Å²) in [4.78, 5) is 2.46. The maximum absolute atomic E-state index is 5.86. The first-order chi connectivity index (χ1) is 8.02. The third-order valence-corrected chi connectivity index (χ3v) is 3.69. The van der Waals surface area contributed by atoms with Crippen molar-refractivity contribution in [3.63, 3.8) is 0 Å². The molecule has 96 valence electrons. The third-order valence-electron chi connectivity index (χ3n) is 3.69. The Morgan fingerprint density at radius 2 is 1.88 bits per heavy atom. The van der Waals surface area contributed by atoms with E-state index in [0.717, 1.165) is 30.6 Å². The Bertz CT molecular complexity index is 386. The number of hydrogen-bond acceptors (Lipinski definition) is 3. The molecule has 1 aliphatic heterocycles. The summed E-state index contributed by atoms with van der Waals surface area (Å²) in [5.41, 5.74) is 8.13. The zero-order valence-corrected chi connectivity index (χ0v) is 11.4. The molecule has 2 atom stereocenters. The van der Waals surface area contributed by atoms with Crippen LogP contribution in [-0.2, 0) is 13.6 Å². The minimum absolute atomic E-state index is 0.578. The highest BCUT2D eigenvalue weighted by molar-refractivity contribution is 5.50. The molecule has 1 aromatic heterocycles. The van der Waals surface area contributed by atoms with Crippen molar-refractivity contribution in [3.8, 4) is 0 Å². The van der Waals surface area contributed by atoms with Crippen molar-refractivity contribution in [2.45, 2.75) is 33.7 Å². The molecule has 1 aromatic rings. The third kappa shape index (κ3) is 2.32. The van der Waals surface area contributed by atoms with Crippen molar-refractivity contribution in [2.24, 2.45) is 24.6 Å². The Hall–Kier alpha value is -1.03. The van der Waals surface area contributed by atoms with Crippen molar-refractivity contribution in [1.29, 1.82) is 0 Å². The van der Waals surface area contributed by atoms with Crippen LogP contribution in [-0.4, -0.2) is 22.9 Å². The Balaban J connectivity index is 2.32. The van der Waals surface area contributed by atoms with Gasteiger partial charge in [0.2, 0.25) is 0 Å². The van der Waals surface area contributed by atoms with Crippen LogP contribution in [0.25, 0.3) is 0 Å². The Morgan fingerprint density at radius 1 is 1.29 bits per heavy atom. The van der Waals surface area contributed by atoms with Gasteiger partial charge in [0.1, 0.15) is 5.82 Å². The molecule has 2 heterocycles. The number of nitrogens with zero attached hydrogens (tertiary/aromatic N) is 3. The zero-order chi connectivity index (χ0) is 12.6. The van der Waals surface area contributed by atoms with Crippen LogP contribution in [0.15, 0.2) is 0 Å². The van der Waals surface area contributed by atoms with Crippen LogP contribution in [0.1, 0.15) is 31.5 Å². The van der Waals surface area contributed by atoms with E-state index in [0.29, 0.717) is 6.54 Å². The molecule has 2 rings (SSSR count). The molecule has 4 nitrogen and oxygen atoms in total. The number of nitrogens with two attached hydrogens (primary N) is 1. The molecule has 1 fully saturated rings. The fraction of sp³-hybridized carbons (Fsp3) is 0.769. The first kappa shape index (κ1) is 12.4. The van der Waals surface area contributed by atoms with E-state index in [2.05, 4.69) is 23.8 Å². The highest BCUT2D eigenvalue weighted by Gasteiger charge is 2.26. The standard InChI is InChI=1S/C13H24N4/c1-9-5-10(2)8-17(7-9)13-12(6-14)11(3)15-16(13)4/h9-10H,5-8,14H2,1-4H3. The fourth-order valence-corrected chi connectivity index (χ4v) is 3.16. The van der Waals surface area contributed by atoms with E-state index in [1.165, 1.54) is 17.8 Å². The summed E-state index contributed by atoms with van der Waals surface area (Å²) in [6, 6.07) is 0. The van der Waals surface area contributed by atoms with Crippen molar-refractivity contribution < 1.29 is 0 Å². The van der Waals surface area contributed by atoms with Gasteiger partial charge in [-0.1, -0.05) is 13.8 Å². The molecule has 0 amide bonds. The van der Waals surface area contributed by atoms with Gasteiger partial charge in [0.25, 0.3) is 0 Å². The van der Waals surface area contributed by atoms with E-state index in [1.54, 1.807) is 0 Å². The first-order valence-corrected chi connectivity index (χ1v) is 6.50. The lowest BCUT2D eigenvalue weighted by Gasteiger charge is -2.36. The number of aryl methyl sites for hydroxylation is 2. The van der Waals surface area contributed by atoms with E-state index in [4.69, 9.17) is 5.73 Å². The van der Waals surface area contributed by atoms with E-state index < -0.39 is 0 Å². The van der Waals surface area contributed by atoms with Crippen molar-refractivity contribution in [3.05, 3.63) is 11.3 Å². The van der Waals surface area contributed by atoms with Gasteiger partial charge in [-0.25, -0.2) is 0 Å². The second-order valence-electron chi connectivity index (χ2n) is 5.57. The van der Waals surface area contributed by atoms with Crippen LogP contribution in [0.5, 0.6) is 0 Å². The topological polar surface area (TPSA) is 47.1 Å². The lowest BCUT2D eigenvalue weighted by atomic mass is 9.91. The second kappa shape index (κ2) is 4.69. The fourth-order valence-electron chi connectivity index (χ4n) is 3.16. The monoisotopic (exact) mass is 236 g/mol. The first-order valence-electron chi connectivity index (χ1n) is 6.50. The lowest BCUT2D eigenvalue weighted by molar-refractivity contribution is 0.352. The average Bonchev–Trinajstić information content (AvgIpc) is 2.51. The van der Waals surface area contributed by atoms with Gasteiger partial charge in [-0.2, -0.15) is 5.10 Å². The van der Waals surface area contributed by atoms with Crippen LogP contribution in [0, 0.1) is 18.8 Å². The molecule has 1 aliphatic rings. The molecule has 1 saturated heterocycles. The summed E-state index contributed by atoms with van der Waals surface area (Å²) >= 11 is 0. The van der Waals surface area contributed by atoms with Gasteiger partial charge in [0.05, 0.1) is 5.69 Å². The van der Waals surface area contributed by atoms with E-state index >= 15 is 0 Å². The van der Waals surface area contributed by atoms with Crippen molar-refractivity contribution in [2.75, 3.05) is 18.0 Å². The van der Waals surface area contributed by atoms with Gasteiger partial charge < -0.3 is 10.6 Å². The molecule has 0 aromatic carbocycles. The van der Waals surface area contributed by atoms with Crippen LogP contribution >= 0.6 is 0 Å². The van der Waals surface area contributed by atoms with Gasteiger partial charge in [-0.05, 0) is 25.2 Å². The molecule has 0 radical (unpaired) electrons. The zero-order valence-electron chi connectivity index (χ0n) is 11.4. The van der Waals surface area contributed by atoms with Crippen LogP contribution < -0.4 is 10.6 Å². The minimum Gasteiger partial charge on any atom is -0.356 e. The number of aromatic nitrogens is 2. The largest absolute Gasteiger partial charge is 0.356 e. The van der Waals surface area contributed by atoms with Gasteiger partial charge >= 0.3 is 0 Å². The Labute approximate surface area is 104 Å². The maximum Gasteiger partial charge on any atom is 0.131 e. The lowest BCUT2D eigenvalue weighted by Crippen LogP contribution is -2.40. The van der Waals surface area contributed by atoms with Crippen LogP contribution in [0.3, 0.4) is 0 Å². The molecular weight excluding hydrogens is 212 g/mol. The highest BCUT2D eigenvalue weighted by atomic mass is 15.4. The Kier molecular flexibility index (Phi) is 3.43. The summed E-state index contributed by atoms with van der Waals surface area (Å²) in [7, 11) is 2.02. The smallest absolute Gasteiger partial charge is 0.131 e. The molecule has 0 saturated carbocycles. The summed E-state index contributed by atoms with van der Waals surface area (Å²) in [5, 5.41) is 4.50. The summed E-state index contributed by atoms with van der Waals surface area (Å²) in [6.07, 6.45) is 1.32. The number of rotatable bonds is 2. The second-order valence-corrected chi connectivity index (χ2v) is 5.57. The molecule has 4 heteroatoms. The van der Waals surface area contributed by atoms with Crippen molar-refractivity contribution in [1.82, 2.24) is 9.78 Å². The van der Waals surface area contributed by atoms with Gasteiger partial charge in [0.15, 0.2) is 0 Å². The molecule has 2 N–H and O–H groups in total. The summed E-state index contributed by atoms with van der Waals surface area (Å²) in [5.74, 6) is 2.72. The summed E-state index contributed by atoms with van der Waals surface area (Å²) < 4.78 is 1.99. The van der Waals surface area contributed by atoms with E-state index in [1.807, 2.05) is 18.7 Å². The average molecular weight is 236 g/mol. The molecule has 0 spiro atoms. The van der Waals surface area contributed by atoms with Gasteiger partial charge in [0, 0.05) is 32.2 Å². The highest BCUT2D eigenvalue weighted by Crippen LogP contribution is 2.29.